The van der Waals surface area contributed by atoms with Crippen molar-refractivity contribution in [1.82, 2.24) is 25.8 Å². The van der Waals surface area contributed by atoms with Crippen LogP contribution in [0.2, 0.25) is 0 Å². The minimum atomic E-state index is -1.30. The number of benzene rings is 2. The second-order valence-corrected chi connectivity index (χ2v) is 12.7. The third-order valence-corrected chi connectivity index (χ3v) is 7.78. The van der Waals surface area contributed by atoms with Gasteiger partial charge >= 0.3 is 0 Å². The SMILES string of the molecule is CC(C)(C)NC(=O)[C@@H]1CCCCN1CC(O)C(Cc1ccccc1)NC(=O)[C@H](CC(N)=O)NC(=O)c1ccc2ccccc2n1. The molecule has 1 aromatic heterocycles. The molecular formula is C34H44N6O5. The maximum atomic E-state index is 13.6. The van der Waals surface area contributed by atoms with Crippen molar-refractivity contribution in [3.05, 3.63) is 78.0 Å². The standard InChI is InChI=1S/C34H44N6O5/c1-34(2,3)39-33(45)28-15-9-10-18-40(28)21-29(41)26(19-22-11-5-4-6-12-22)37-32(44)27(20-30(35)42)38-31(43)25-17-16-23-13-7-8-14-24(23)36-25/h4-8,11-14,16-17,26-29,41H,9-10,15,18-21H2,1-3H3,(H2,35,42)(H,37,44)(H,38,43)(H,39,45)/t26?,27-,28-,29?/m0/s1. The van der Waals surface area contributed by atoms with Gasteiger partial charge in [0.15, 0.2) is 0 Å². The van der Waals surface area contributed by atoms with Gasteiger partial charge in [-0.1, -0.05) is 61.0 Å². The number of piperidine rings is 1. The van der Waals surface area contributed by atoms with E-state index in [1.165, 1.54) is 0 Å². The van der Waals surface area contributed by atoms with E-state index in [1.807, 2.05) is 74.2 Å². The number of β-amino-alcohol motifs (C(OH)–C–C–N with tert-alkyl or cyclic N) is 1. The van der Waals surface area contributed by atoms with Gasteiger partial charge in [-0.05, 0) is 64.3 Å². The van der Waals surface area contributed by atoms with Crippen LogP contribution in [0.3, 0.4) is 0 Å². The van der Waals surface area contributed by atoms with Crippen LogP contribution in [0.1, 0.15) is 62.5 Å². The molecule has 1 saturated heterocycles. The van der Waals surface area contributed by atoms with Gasteiger partial charge in [-0.2, -0.15) is 0 Å². The van der Waals surface area contributed by atoms with Crippen molar-refractivity contribution >= 4 is 34.5 Å². The summed E-state index contributed by atoms with van der Waals surface area (Å²) in [6.45, 7) is 6.55. The molecule has 4 rings (SSSR count). The zero-order valence-corrected chi connectivity index (χ0v) is 26.2. The number of rotatable bonds is 12. The molecule has 4 amide bonds. The first-order valence-electron chi connectivity index (χ1n) is 15.4. The zero-order valence-electron chi connectivity index (χ0n) is 26.2. The summed E-state index contributed by atoms with van der Waals surface area (Å²) in [6, 6.07) is 17.5. The highest BCUT2D eigenvalue weighted by molar-refractivity contribution is 5.99. The lowest BCUT2D eigenvalue weighted by molar-refractivity contribution is -0.131. The highest BCUT2D eigenvalue weighted by Crippen LogP contribution is 2.20. The number of pyridine rings is 1. The van der Waals surface area contributed by atoms with Crippen molar-refractivity contribution in [2.75, 3.05) is 13.1 Å². The topological polar surface area (TPSA) is 167 Å². The predicted octanol–water partition coefficient (Wildman–Crippen LogP) is 2.07. The second-order valence-electron chi connectivity index (χ2n) is 12.7. The zero-order chi connectivity index (χ0) is 32.6. The summed E-state index contributed by atoms with van der Waals surface area (Å²) in [5.74, 6) is -2.17. The Balaban J connectivity index is 1.52. The lowest BCUT2D eigenvalue weighted by atomic mass is 9.96. The van der Waals surface area contributed by atoms with Gasteiger partial charge < -0.3 is 26.8 Å². The van der Waals surface area contributed by atoms with Crippen molar-refractivity contribution in [2.45, 2.75) is 82.6 Å². The van der Waals surface area contributed by atoms with Gasteiger partial charge in [0.25, 0.3) is 5.91 Å². The number of para-hydroxylation sites is 1. The number of likely N-dealkylation sites (tertiary alicyclic amines) is 1. The van der Waals surface area contributed by atoms with E-state index in [1.54, 1.807) is 18.2 Å². The van der Waals surface area contributed by atoms with Crippen LogP contribution in [-0.2, 0) is 20.8 Å². The first kappa shape index (κ1) is 33.5. The van der Waals surface area contributed by atoms with E-state index in [0.717, 1.165) is 23.8 Å². The monoisotopic (exact) mass is 616 g/mol. The van der Waals surface area contributed by atoms with E-state index in [4.69, 9.17) is 5.73 Å². The first-order chi connectivity index (χ1) is 21.4. The van der Waals surface area contributed by atoms with E-state index in [0.29, 0.717) is 18.5 Å². The second kappa shape index (κ2) is 15.1. The molecule has 1 aliphatic rings. The smallest absolute Gasteiger partial charge is 0.270 e. The van der Waals surface area contributed by atoms with Gasteiger partial charge in [0, 0.05) is 17.5 Å². The summed E-state index contributed by atoms with van der Waals surface area (Å²) in [5, 5.41) is 20.9. The molecule has 6 N–H and O–H groups in total. The molecule has 4 atom stereocenters. The summed E-state index contributed by atoms with van der Waals surface area (Å²) in [7, 11) is 0. The minimum Gasteiger partial charge on any atom is -0.390 e. The van der Waals surface area contributed by atoms with Crippen molar-refractivity contribution < 1.29 is 24.3 Å². The number of fused-ring (bicyclic) bond motifs is 1. The molecule has 1 fully saturated rings. The number of hydrogen-bond donors (Lipinski definition) is 5. The fourth-order valence-corrected chi connectivity index (χ4v) is 5.60. The molecule has 0 saturated carbocycles. The van der Waals surface area contributed by atoms with Gasteiger partial charge in [-0.25, -0.2) is 4.98 Å². The number of nitrogens with zero attached hydrogens (tertiary/aromatic N) is 2. The van der Waals surface area contributed by atoms with Crippen LogP contribution in [0, 0.1) is 0 Å². The molecular weight excluding hydrogens is 572 g/mol. The van der Waals surface area contributed by atoms with E-state index < -0.39 is 53.9 Å². The molecule has 2 unspecified atom stereocenters. The number of nitrogens with one attached hydrogen (secondary N) is 3. The number of hydrogen-bond acceptors (Lipinski definition) is 7. The average Bonchev–Trinajstić information content (AvgIpc) is 2.99. The fraction of sp³-hybridized carbons (Fsp3) is 0.441. The molecule has 240 valence electrons. The molecule has 2 aromatic carbocycles. The number of aliphatic hydroxyl groups excluding tert-OH is 1. The Bertz CT molecular complexity index is 1490. The number of nitrogens with two attached hydrogens (primary N) is 1. The fourth-order valence-electron chi connectivity index (χ4n) is 5.60. The third kappa shape index (κ3) is 9.82. The molecule has 0 aliphatic carbocycles. The summed E-state index contributed by atoms with van der Waals surface area (Å²) in [5.41, 5.74) is 6.64. The van der Waals surface area contributed by atoms with Gasteiger partial charge in [0.1, 0.15) is 11.7 Å². The summed E-state index contributed by atoms with van der Waals surface area (Å²) in [4.78, 5) is 58.2. The lowest BCUT2D eigenvalue weighted by Crippen LogP contribution is -2.59. The predicted molar refractivity (Wildman–Crippen MR) is 172 cm³/mol. The number of aliphatic hydroxyl groups is 1. The minimum absolute atomic E-state index is 0.0847. The molecule has 11 nitrogen and oxygen atoms in total. The molecule has 0 spiro atoms. The quantitative estimate of drug-likeness (QED) is 0.208. The largest absolute Gasteiger partial charge is 0.390 e. The normalized spacial score (nSPS) is 17.6. The van der Waals surface area contributed by atoms with E-state index >= 15 is 0 Å². The number of carbonyl (C=O) groups is 4. The Morgan fingerprint density at radius 3 is 2.40 bits per heavy atom. The van der Waals surface area contributed by atoms with E-state index in [-0.39, 0.29) is 24.6 Å². The average molecular weight is 617 g/mol. The molecule has 3 aromatic rings. The molecule has 1 aliphatic heterocycles. The molecule has 45 heavy (non-hydrogen) atoms. The van der Waals surface area contributed by atoms with Crippen LogP contribution in [0.25, 0.3) is 10.9 Å². The van der Waals surface area contributed by atoms with Gasteiger partial charge in [0.05, 0.1) is 30.1 Å². The van der Waals surface area contributed by atoms with Crippen molar-refractivity contribution in [3.8, 4) is 0 Å². The maximum Gasteiger partial charge on any atom is 0.270 e. The van der Waals surface area contributed by atoms with E-state index in [2.05, 4.69) is 20.9 Å². The molecule has 0 radical (unpaired) electrons. The van der Waals surface area contributed by atoms with Crippen LogP contribution in [0.4, 0.5) is 0 Å². The number of carbonyl (C=O) groups excluding carboxylic acids is 4. The highest BCUT2D eigenvalue weighted by Gasteiger charge is 2.35. The van der Waals surface area contributed by atoms with Crippen LogP contribution in [-0.4, -0.2) is 81.5 Å². The van der Waals surface area contributed by atoms with Crippen molar-refractivity contribution in [3.63, 3.8) is 0 Å². The summed E-state index contributed by atoms with van der Waals surface area (Å²) >= 11 is 0. The maximum absolute atomic E-state index is 13.6. The van der Waals surface area contributed by atoms with Gasteiger partial charge in [-0.15, -0.1) is 0 Å². The number of aromatic nitrogens is 1. The Labute approximate surface area is 264 Å². The van der Waals surface area contributed by atoms with Crippen molar-refractivity contribution in [2.24, 2.45) is 5.73 Å². The number of amides is 4. The Morgan fingerprint density at radius 1 is 0.978 bits per heavy atom. The molecule has 2 heterocycles. The first-order valence-corrected chi connectivity index (χ1v) is 15.4. The van der Waals surface area contributed by atoms with Crippen LogP contribution < -0.4 is 21.7 Å². The Kier molecular flexibility index (Phi) is 11.2. The number of primary amides is 1. The Hall–Kier alpha value is -4.35. The third-order valence-electron chi connectivity index (χ3n) is 7.78. The lowest BCUT2D eigenvalue weighted by Gasteiger charge is -2.39. The molecule has 11 heteroatoms. The summed E-state index contributed by atoms with van der Waals surface area (Å²) < 4.78 is 0. The molecule has 0 bridgehead atoms. The highest BCUT2D eigenvalue weighted by atomic mass is 16.3. The van der Waals surface area contributed by atoms with Crippen LogP contribution >= 0.6 is 0 Å². The van der Waals surface area contributed by atoms with Crippen LogP contribution in [0.15, 0.2) is 66.7 Å². The van der Waals surface area contributed by atoms with E-state index in [9.17, 15) is 24.3 Å². The van der Waals surface area contributed by atoms with Gasteiger partial charge in [0.2, 0.25) is 17.7 Å². The summed E-state index contributed by atoms with van der Waals surface area (Å²) in [6.07, 6.45) is 1.23. The van der Waals surface area contributed by atoms with Crippen molar-refractivity contribution in [1.29, 1.82) is 0 Å². The van der Waals surface area contributed by atoms with Crippen LogP contribution in [0.5, 0.6) is 0 Å². The van der Waals surface area contributed by atoms with Gasteiger partial charge in [-0.3, -0.25) is 24.1 Å². The Morgan fingerprint density at radius 2 is 1.69 bits per heavy atom.